The zero-order valence-corrected chi connectivity index (χ0v) is 15.5. The molecule has 5 heteroatoms. The second-order valence-corrected chi connectivity index (χ2v) is 7.07. The molecule has 0 aliphatic rings. The van der Waals surface area contributed by atoms with Gasteiger partial charge >= 0.3 is 0 Å². The van der Waals surface area contributed by atoms with Crippen molar-refractivity contribution in [1.29, 1.82) is 0 Å². The molecule has 2 aromatic rings. The molecule has 0 N–H and O–H groups in total. The van der Waals surface area contributed by atoms with Gasteiger partial charge in [0.25, 0.3) is 0 Å². The minimum atomic E-state index is 0.125. The quantitative estimate of drug-likeness (QED) is 0.662. The van der Waals surface area contributed by atoms with Crippen LogP contribution in [0.2, 0.25) is 10.0 Å². The number of amides is 1. The minimum Gasteiger partial charge on any atom is -0.332 e. The van der Waals surface area contributed by atoms with Crippen molar-refractivity contribution in [2.24, 2.45) is 5.92 Å². The van der Waals surface area contributed by atoms with Crippen LogP contribution < -0.4 is 0 Å². The van der Waals surface area contributed by atoms with Gasteiger partial charge in [0, 0.05) is 19.2 Å². The van der Waals surface area contributed by atoms with Crippen LogP contribution in [0.1, 0.15) is 37.9 Å². The highest BCUT2D eigenvalue weighted by atomic mass is 35.5. The number of benzene rings is 1. The molecule has 0 saturated heterocycles. The second kappa shape index (κ2) is 9.05. The molecule has 1 aromatic carbocycles. The molecule has 24 heavy (non-hydrogen) atoms. The van der Waals surface area contributed by atoms with E-state index in [-0.39, 0.29) is 5.91 Å². The number of hydrogen-bond donors (Lipinski definition) is 0. The molecular weight excluding hydrogens is 343 g/mol. The zero-order valence-electron chi connectivity index (χ0n) is 14.0. The van der Waals surface area contributed by atoms with E-state index in [1.807, 2.05) is 35.2 Å². The van der Waals surface area contributed by atoms with Crippen LogP contribution in [0.3, 0.4) is 0 Å². The number of halogens is 2. The van der Waals surface area contributed by atoms with Gasteiger partial charge in [-0.05, 0) is 42.2 Å². The van der Waals surface area contributed by atoms with Gasteiger partial charge in [0.1, 0.15) is 0 Å². The van der Waals surface area contributed by atoms with Crippen molar-refractivity contribution in [3.05, 3.63) is 63.9 Å². The lowest BCUT2D eigenvalue weighted by atomic mass is 10.1. The average molecular weight is 365 g/mol. The number of hydrogen-bond acceptors (Lipinski definition) is 2. The van der Waals surface area contributed by atoms with Crippen molar-refractivity contribution in [3.8, 4) is 0 Å². The lowest BCUT2D eigenvalue weighted by Crippen LogP contribution is -2.30. The van der Waals surface area contributed by atoms with Gasteiger partial charge in [-0.15, -0.1) is 0 Å². The van der Waals surface area contributed by atoms with E-state index < -0.39 is 0 Å². The maximum Gasteiger partial charge on any atom is 0.223 e. The SMILES string of the molecule is CC(C)CCC(=O)N(Cc1ccc(Cl)c(Cl)c1)Cc1ccccn1. The zero-order chi connectivity index (χ0) is 17.5. The average Bonchev–Trinajstić information content (AvgIpc) is 2.56. The van der Waals surface area contributed by atoms with Crippen LogP contribution in [-0.4, -0.2) is 15.8 Å². The molecule has 3 nitrogen and oxygen atoms in total. The Balaban J connectivity index is 2.14. The maximum atomic E-state index is 12.6. The van der Waals surface area contributed by atoms with Crippen molar-refractivity contribution >= 4 is 29.1 Å². The van der Waals surface area contributed by atoms with E-state index in [4.69, 9.17) is 23.2 Å². The van der Waals surface area contributed by atoms with E-state index in [1.54, 1.807) is 12.3 Å². The van der Waals surface area contributed by atoms with E-state index in [9.17, 15) is 4.79 Å². The fourth-order valence-electron chi connectivity index (χ4n) is 2.35. The highest BCUT2D eigenvalue weighted by Crippen LogP contribution is 2.24. The molecule has 0 unspecified atom stereocenters. The van der Waals surface area contributed by atoms with Crippen molar-refractivity contribution in [1.82, 2.24) is 9.88 Å². The van der Waals surface area contributed by atoms with Gasteiger partial charge < -0.3 is 4.90 Å². The van der Waals surface area contributed by atoms with Gasteiger partial charge in [0.15, 0.2) is 0 Å². The van der Waals surface area contributed by atoms with Crippen molar-refractivity contribution in [2.75, 3.05) is 0 Å². The number of pyridine rings is 1. The molecule has 1 aromatic heterocycles. The first-order valence-electron chi connectivity index (χ1n) is 8.07. The maximum absolute atomic E-state index is 12.6. The predicted octanol–water partition coefficient (Wildman–Crippen LogP) is 5.35. The highest BCUT2D eigenvalue weighted by Gasteiger charge is 2.16. The number of carbonyl (C=O) groups is 1. The number of carbonyl (C=O) groups excluding carboxylic acids is 1. The molecule has 128 valence electrons. The third-order valence-electron chi connectivity index (χ3n) is 3.72. The summed E-state index contributed by atoms with van der Waals surface area (Å²) in [4.78, 5) is 18.8. The van der Waals surface area contributed by atoms with Crippen LogP contribution in [0.5, 0.6) is 0 Å². The van der Waals surface area contributed by atoms with Gasteiger partial charge in [-0.1, -0.05) is 49.2 Å². The Morgan fingerprint density at radius 3 is 2.54 bits per heavy atom. The van der Waals surface area contributed by atoms with Crippen molar-refractivity contribution in [2.45, 2.75) is 39.8 Å². The summed E-state index contributed by atoms with van der Waals surface area (Å²) in [6.07, 6.45) is 3.15. The molecule has 1 amide bonds. The Morgan fingerprint density at radius 1 is 1.12 bits per heavy atom. The summed E-state index contributed by atoms with van der Waals surface area (Å²) in [5.41, 5.74) is 1.83. The number of aromatic nitrogens is 1. The largest absolute Gasteiger partial charge is 0.332 e. The summed E-state index contributed by atoms with van der Waals surface area (Å²) in [5.74, 6) is 0.621. The monoisotopic (exact) mass is 364 g/mol. The van der Waals surface area contributed by atoms with Crippen LogP contribution >= 0.6 is 23.2 Å². The lowest BCUT2D eigenvalue weighted by molar-refractivity contribution is -0.132. The summed E-state index contributed by atoms with van der Waals surface area (Å²) in [6.45, 7) is 5.22. The fraction of sp³-hybridized carbons (Fsp3) is 0.368. The third-order valence-corrected chi connectivity index (χ3v) is 4.46. The van der Waals surface area contributed by atoms with Gasteiger partial charge in [0.2, 0.25) is 5.91 Å². The predicted molar refractivity (Wildman–Crippen MR) is 99.0 cm³/mol. The fourth-order valence-corrected chi connectivity index (χ4v) is 2.67. The number of rotatable bonds is 7. The molecule has 0 aliphatic carbocycles. The minimum absolute atomic E-state index is 0.125. The van der Waals surface area contributed by atoms with Crippen LogP contribution in [-0.2, 0) is 17.9 Å². The first-order valence-corrected chi connectivity index (χ1v) is 8.83. The van der Waals surface area contributed by atoms with Gasteiger partial charge in [0.05, 0.1) is 22.3 Å². The Bertz CT molecular complexity index is 674. The van der Waals surface area contributed by atoms with Crippen LogP contribution in [0.15, 0.2) is 42.6 Å². The highest BCUT2D eigenvalue weighted by molar-refractivity contribution is 6.42. The second-order valence-electron chi connectivity index (χ2n) is 6.25. The van der Waals surface area contributed by atoms with Crippen molar-refractivity contribution in [3.63, 3.8) is 0 Å². The van der Waals surface area contributed by atoms with E-state index >= 15 is 0 Å². The van der Waals surface area contributed by atoms with E-state index in [1.165, 1.54) is 0 Å². The number of nitrogens with zero attached hydrogens (tertiary/aromatic N) is 2. The standard InChI is InChI=1S/C19H22Cl2N2O/c1-14(2)6-9-19(24)23(13-16-5-3-4-10-22-16)12-15-7-8-17(20)18(21)11-15/h3-5,7-8,10-11,14H,6,9,12-13H2,1-2H3. The molecule has 0 radical (unpaired) electrons. The first-order chi connectivity index (χ1) is 11.5. The van der Waals surface area contributed by atoms with E-state index in [2.05, 4.69) is 18.8 Å². The van der Waals surface area contributed by atoms with E-state index in [0.717, 1.165) is 17.7 Å². The first kappa shape index (κ1) is 18.8. The smallest absolute Gasteiger partial charge is 0.223 e. The Labute approximate surface area is 153 Å². The van der Waals surface area contributed by atoms with Gasteiger partial charge in [-0.3, -0.25) is 9.78 Å². The molecule has 0 fully saturated rings. The summed E-state index contributed by atoms with van der Waals surface area (Å²) < 4.78 is 0. The molecule has 2 rings (SSSR count). The topological polar surface area (TPSA) is 33.2 Å². The molecular formula is C19H22Cl2N2O. The van der Waals surface area contributed by atoms with Crippen LogP contribution in [0.4, 0.5) is 0 Å². The summed E-state index contributed by atoms with van der Waals surface area (Å²) in [6, 6.07) is 11.2. The molecule has 0 spiro atoms. The molecule has 0 bridgehead atoms. The third kappa shape index (κ3) is 5.81. The molecule has 0 saturated carbocycles. The molecule has 1 heterocycles. The molecule has 0 atom stereocenters. The normalized spacial score (nSPS) is 10.9. The molecule has 0 aliphatic heterocycles. The van der Waals surface area contributed by atoms with Crippen LogP contribution in [0.25, 0.3) is 0 Å². The Kier molecular flexibility index (Phi) is 7.07. The Morgan fingerprint density at radius 2 is 1.92 bits per heavy atom. The summed E-state index contributed by atoms with van der Waals surface area (Å²) in [7, 11) is 0. The van der Waals surface area contributed by atoms with E-state index in [0.29, 0.717) is 35.5 Å². The van der Waals surface area contributed by atoms with Crippen LogP contribution in [0, 0.1) is 5.92 Å². The summed E-state index contributed by atoms with van der Waals surface area (Å²) in [5, 5.41) is 1.02. The van der Waals surface area contributed by atoms with Crippen molar-refractivity contribution < 1.29 is 4.79 Å². The Hall–Kier alpha value is -1.58. The summed E-state index contributed by atoms with van der Waals surface area (Å²) >= 11 is 12.1. The van der Waals surface area contributed by atoms with Gasteiger partial charge in [-0.2, -0.15) is 0 Å². The van der Waals surface area contributed by atoms with Gasteiger partial charge in [-0.25, -0.2) is 0 Å². The lowest BCUT2D eigenvalue weighted by Gasteiger charge is -2.23.